The molecule has 0 aliphatic rings. The van der Waals surface area contributed by atoms with Crippen molar-refractivity contribution in [3.8, 4) is 11.5 Å². The molecule has 0 fully saturated rings. The minimum Gasteiger partial charge on any atom is -0.461 e. The molecule has 6 nitrogen and oxygen atoms in total. The summed E-state index contributed by atoms with van der Waals surface area (Å²) in [6.45, 7) is 0.654. The Labute approximate surface area is 166 Å². The zero-order chi connectivity index (χ0) is 19.3. The fraction of sp³-hybridized carbons (Fsp3) is 0.0476. The standard InChI is InChI=1S/C21H16ClN3O3/c22-16-11-15(8-9-17(16)23-13-14-5-2-1-3-6-14)24-21(26)18-12-20(28-25-18)19-7-4-10-27-19/h1-12,23H,13H2,(H,24,26). The number of amides is 1. The molecular weight excluding hydrogens is 378 g/mol. The van der Waals surface area contributed by atoms with Gasteiger partial charge in [-0.25, -0.2) is 0 Å². The van der Waals surface area contributed by atoms with Gasteiger partial charge in [0.25, 0.3) is 5.91 Å². The number of rotatable bonds is 6. The molecule has 4 rings (SSSR count). The Balaban J connectivity index is 1.41. The summed E-state index contributed by atoms with van der Waals surface area (Å²) in [5, 5.41) is 10.3. The first kappa shape index (κ1) is 17.9. The molecule has 0 unspecified atom stereocenters. The molecule has 28 heavy (non-hydrogen) atoms. The molecule has 140 valence electrons. The van der Waals surface area contributed by atoms with Crippen LogP contribution in [0.25, 0.3) is 11.5 Å². The van der Waals surface area contributed by atoms with E-state index in [0.717, 1.165) is 11.3 Å². The van der Waals surface area contributed by atoms with Crippen LogP contribution in [-0.2, 0) is 6.54 Å². The van der Waals surface area contributed by atoms with E-state index in [1.54, 1.807) is 24.3 Å². The minimum atomic E-state index is -0.400. The Morgan fingerprint density at radius 3 is 2.61 bits per heavy atom. The number of halogens is 1. The molecule has 2 aromatic heterocycles. The third-order valence-corrected chi connectivity index (χ3v) is 4.37. The van der Waals surface area contributed by atoms with Crippen LogP contribution < -0.4 is 10.6 Å². The van der Waals surface area contributed by atoms with Crippen LogP contribution in [0, 0.1) is 0 Å². The summed E-state index contributed by atoms with van der Waals surface area (Å²) < 4.78 is 10.4. The molecule has 0 atom stereocenters. The number of furan rings is 1. The number of hydrogen-bond acceptors (Lipinski definition) is 5. The number of hydrogen-bond donors (Lipinski definition) is 2. The van der Waals surface area contributed by atoms with E-state index >= 15 is 0 Å². The van der Waals surface area contributed by atoms with E-state index in [1.165, 1.54) is 12.3 Å². The molecule has 0 aliphatic carbocycles. The van der Waals surface area contributed by atoms with Crippen LogP contribution in [0.4, 0.5) is 11.4 Å². The minimum absolute atomic E-state index is 0.147. The number of carbonyl (C=O) groups excluding carboxylic acids is 1. The molecule has 0 saturated heterocycles. The van der Waals surface area contributed by atoms with Crippen molar-refractivity contribution in [1.82, 2.24) is 5.16 Å². The van der Waals surface area contributed by atoms with Crippen LogP contribution in [0.3, 0.4) is 0 Å². The van der Waals surface area contributed by atoms with Crippen molar-refractivity contribution in [3.63, 3.8) is 0 Å². The molecule has 0 bridgehead atoms. The third-order valence-electron chi connectivity index (χ3n) is 4.06. The molecule has 2 aromatic carbocycles. The first-order valence-corrected chi connectivity index (χ1v) is 8.96. The first-order chi connectivity index (χ1) is 13.7. The highest BCUT2D eigenvalue weighted by Crippen LogP contribution is 2.27. The van der Waals surface area contributed by atoms with Gasteiger partial charge in [-0.2, -0.15) is 0 Å². The molecule has 4 aromatic rings. The van der Waals surface area contributed by atoms with Gasteiger partial charge < -0.3 is 19.6 Å². The molecule has 0 aliphatic heterocycles. The van der Waals surface area contributed by atoms with Gasteiger partial charge in [-0.1, -0.05) is 47.1 Å². The molecule has 0 spiro atoms. The third kappa shape index (κ3) is 4.07. The first-order valence-electron chi connectivity index (χ1n) is 8.58. The second-order valence-electron chi connectivity index (χ2n) is 6.04. The number of benzene rings is 2. The van der Waals surface area contributed by atoms with Crippen LogP contribution in [-0.4, -0.2) is 11.1 Å². The molecule has 0 radical (unpaired) electrons. The Morgan fingerprint density at radius 2 is 1.86 bits per heavy atom. The number of nitrogens with one attached hydrogen (secondary N) is 2. The van der Waals surface area contributed by atoms with Gasteiger partial charge in [0.05, 0.1) is 17.0 Å². The lowest BCUT2D eigenvalue weighted by atomic mass is 10.2. The van der Waals surface area contributed by atoms with Crippen LogP contribution in [0.5, 0.6) is 0 Å². The smallest absolute Gasteiger partial charge is 0.277 e. The molecule has 1 amide bonds. The van der Waals surface area contributed by atoms with Gasteiger partial charge in [-0.3, -0.25) is 4.79 Å². The Kier molecular flexibility index (Phi) is 5.12. The lowest BCUT2D eigenvalue weighted by Gasteiger charge is -2.10. The summed E-state index contributed by atoms with van der Waals surface area (Å²) >= 11 is 6.34. The second-order valence-corrected chi connectivity index (χ2v) is 6.45. The Hall–Kier alpha value is -3.51. The van der Waals surface area contributed by atoms with E-state index in [-0.39, 0.29) is 5.69 Å². The van der Waals surface area contributed by atoms with Crippen molar-refractivity contribution < 1.29 is 13.7 Å². The van der Waals surface area contributed by atoms with Crippen molar-refractivity contribution >= 4 is 28.9 Å². The van der Waals surface area contributed by atoms with Gasteiger partial charge in [-0.05, 0) is 35.9 Å². The molecular formula is C21H16ClN3O3. The summed E-state index contributed by atoms with van der Waals surface area (Å²) in [4.78, 5) is 12.4. The van der Waals surface area contributed by atoms with Crippen LogP contribution in [0.15, 0.2) is 81.9 Å². The fourth-order valence-corrected chi connectivity index (χ4v) is 2.89. The van der Waals surface area contributed by atoms with E-state index in [1.807, 2.05) is 36.4 Å². The van der Waals surface area contributed by atoms with Crippen molar-refractivity contribution in [2.75, 3.05) is 10.6 Å². The number of nitrogens with zero attached hydrogens (tertiary/aromatic N) is 1. The maximum Gasteiger partial charge on any atom is 0.277 e. The zero-order valence-corrected chi connectivity index (χ0v) is 15.4. The Morgan fingerprint density at radius 1 is 1.00 bits per heavy atom. The van der Waals surface area contributed by atoms with Gasteiger partial charge in [0.15, 0.2) is 11.5 Å². The number of aromatic nitrogens is 1. The van der Waals surface area contributed by atoms with Gasteiger partial charge in [0.2, 0.25) is 5.76 Å². The topological polar surface area (TPSA) is 80.3 Å². The van der Waals surface area contributed by atoms with E-state index in [0.29, 0.717) is 28.8 Å². The number of carbonyl (C=O) groups is 1. The van der Waals surface area contributed by atoms with Crippen LogP contribution >= 0.6 is 11.6 Å². The largest absolute Gasteiger partial charge is 0.461 e. The zero-order valence-electron chi connectivity index (χ0n) is 14.7. The normalized spacial score (nSPS) is 10.6. The molecule has 7 heteroatoms. The highest BCUT2D eigenvalue weighted by molar-refractivity contribution is 6.33. The molecule has 0 saturated carbocycles. The summed E-state index contributed by atoms with van der Waals surface area (Å²) in [7, 11) is 0. The van der Waals surface area contributed by atoms with Gasteiger partial charge in [0, 0.05) is 18.3 Å². The summed E-state index contributed by atoms with van der Waals surface area (Å²) in [5.41, 5.74) is 2.64. The highest BCUT2D eigenvalue weighted by atomic mass is 35.5. The highest BCUT2D eigenvalue weighted by Gasteiger charge is 2.15. The van der Waals surface area contributed by atoms with Gasteiger partial charge >= 0.3 is 0 Å². The SMILES string of the molecule is O=C(Nc1ccc(NCc2ccccc2)c(Cl)c1)c1cc(-c2ccco2)on1. The summed E-state index contributed by atoms with van der Waals surface area (Å²) in [5.74, 6) is 0.486. The van der Waals surface area contributed by atoms with Crippen molar-refractivity contribution in [3.05, 3.63) is 89.3 Å². The second kappa shape index (κ2) is 8.02. The number of anilines is 2. The van der Waals surface area contributed by atoms with Gasteiger partial charge in [0.1, 0.15) is 0 Å². The predicted octanol–water partition coefficient (Wildman–Crippen LogP) is 5.45. The molecule has 2 heterocycles. The van der Waals surface area contributed by atoms with Crippen molar-refractivity contribution in [2.45, 2.75) is 6.54 Å². The monoisotopic (exact) mass is 393 g/mol. The van der Waals surface area contributed by atoms with Crippen LogP contribution in [0.1, 0.15) is 16.1 Å². The lowest BCUT2D eigenvalue weighted by Crippen LogP contribution is -2.12. The average Bonchev–Trinajstić information content (AvgIpc) is 3.40. The van der Waals surface area contributed by atoms with Crippen molar-refractivity contribution in [2.24, 2.45) is 0 Å². The van der Waals surface area contributed by atoms with E-state index in [4.69, 9.17) is 20.5 Å². The summed E-state index contributed by atoms with van der Waals surface area (Å²) in [6, 6.07) is 20.2. The predicted molar refractivity (Wildman–Crippen MR) is 107 cm³/mol. The van der Waals surface area contributed by atoms with E-state index in [2.05, 4.69) is 15.8 Å². The van der Waals surface area contributed by atoms with Gasteiger partial charge in [-0.15, -0.1) is 0 Å². The average molecular weight is 394 g/mol. The van der Waals surface area contributed by atoms with Crippen LogP contribution in [0.2, 0.25) is 5.02 Å². The quantitative estimate of drug-likeness (QED) is 0.455. The van der Waals surface area contributed by atoms with Crippen molar-refractivity contribution in [1.29, 1.82) is 0 Å². The van der Waals surface area contributed by atoms with E-state index in [9.17, 15) is 4.79 Å². The maximum absolute atomic E-state index is 12.4. The lowest BCUT2D eigenvalue weighted by molar-refractivity contribution is 0.101. The molecule has 2 N–H and O–H groups in total. The summed E-state index contributed by atoms with van der Waals surface area (Å²) in [6.07, 6.45) is 1.52. The van der Waals surface area contributed by atoms with E-state index < -0.39 is 5.91 Å². The maximum atomic E-state index is 12.4. The fourth-order valence-electron chi connectivity index (χ4n) is 2.64. The Bertz CT molecular complexity index is 1080.